The Morgan fingerprint density at radius 3 is 2.39 bits per heavy atom. The van der Waals surface area contributed by atoms with Crippen LogP contribution >= 0.6 is 11.6 Å². The molecule has 28 heavy (non-hydrogen) atoms. The summed E-state index contributed by atoms with van der Waals surface area (Å²) >= 11 is 5.75. The van der Waals surface area contributed by atoms with Crippen LogP contribution in [-0.2, 0) is 14.8 Å². The van der Waals surface area contributed by atoms with Crippen LogP contribution in [0.25, 0.3) is 0 Å². The molecule has 0 radical (unpaired) electrons. The molecule has 2 aromatic carbocycles. The molecule has 0 saturated heterocycles. The minimum absolute atomic E-state index is 0.113. The van der Waals surface area contributed by atoms with Crippen molar-refractivity contribution in [3.05, 3.63) is 58.9 Å². The molecule has 2 aromatic rings. The average Bonchev–Trinajstić information content (AvgIpc) is 2.65. The lowest BCUT2D eigenvalue weighted by Gasteiger charge is -2.24. The summed E-state index contributed by atoms with van der Waals surface area (Å²) in [6, 6.07) is 10.4. The van der Waals surface area contributed by atoms with Crippen LogP contribution in [-0.4, -0.2) is 34.2 Å². The van der Waals surface area contributed by atoms with Gasteiger partial charge in [0.05, 0.1) is 30.1 Å². The summed E-state index contributed by atoms with van der Waals surface area (Å²) in [6.07, 6.45) is 1.58. The Morgan fingerprint density at radius 1 is 1.25 bits per heavy atom. The first kappa shape index (κ1) is 22.0. The van der Waals surface area contributed by atoms with Crippen molar-refractivity contribution in [2.45, 2.75) is 19.4 Å². The Morgan fingerprint density at radius 2 is 1.89 bits per heavy atom. The zero-order valence-corrected chi connectivity index (χ0v) is 17.3. The first-order valence-electron chi connectivity index (χ1n) is 8.51. The Balaban J connectivity index is 2.19. The zero-order chi connectivity index (χ0) is 20.9. The molecule has 0 aliphatic heterocycles. The number of benzene rings is 2. The normalized spacial score (nSPS) is 12.3. The highest BCUT2D eigenvalue weighted by atomic mass is 35.5. The highest BCUT2D eigenvalue weighted by Gasteiger charge is 2.23. The quantitative estimate of drug-likeness (QED) is 0.698. The predicted octanol–water partition coefficient (Wildman–Crippen LogP) is 3.52. The van der Waals surface area contributed by atoms with Crippen LogP contribution in [0.2, 0.25) is 5.02 Å². The zero-order valence-electron chi connectivity index (χ0n) is 15.8. The fraction of sp³-hybridized carbons (Fsp3) is 0.316. The molecule has 0 heterocycles. The maximum atomic E-state index is 13.4. The molecule has 6 nitrogen and oxygen atoms in total. The number of halogens is 2. The number of carbonyl (C=O) groups is 1. The van der Waals surface area contributed by atoms with Crippen molar-refractivity contribution in [2.75, 3.05) is 24.2 Å². The van der Waals surface area contributed by atoms with Gasteiger partial charge in [0.2, 0.25) is 15.9 Å². The summed E-state index contributed by atoms with van der Waals surface area (Å²) in [5.74, 6) is -0.469. The molecule has 1 amide bonds. The largest absolute Gasteiger partial charge is 0.497 e. The summed E-state index contributed by atoms with van der Waals surface area (Å²) in [6.45, 7) is 1.46. The molecule has 0 fully saturated rings. The van der Waals surface area contributed by atoms with E-state index in [-0.39, 0.29) is 16.8 Å². The molecule has 1 N–H and O–H groups in total. The third-order valence-electron chi connectivity index (χ3n) is 4.14. The number of anilines is 1. The van der Waals surface area contributed by atoms with Gasteiger partial charge in [-0.25, -0.2) is 12.8 Å². The van der Waals surface area contributed by atoms with Crippen molar-refractivity contribution in [2.24, 2.45) is 0 Å². The predicted molar refractivity (Wildman–Crippen MR) is 108 cm³/mol. The molecule has 0 bridgehead atoms. The molecule has 9 heteroatoms. The van der Waals surface area contributed by atoms with Crippen LogP contribution < -0.4 is 14.4 Å². The van der Waals surface area contributed by atoms with E-state index >= 15 is 0 Å². The molecular formula is C19H22ClFN2O4S. The van der Waals surface area contributed by atoms with E-state index in [0.717, 1.165) is 22.2 Å². The van der Waals surface area contributed by atoms with E-state index in [1.54, 1.807) is 19.2 Å². The molecule has 2 rings (SSSR count). The van der Waals surface area contributed by atoms with Crippen LogP contribution in [0.4, 0.5) is 10.1 Å². The average molecular weight is 429 g/mol. The van der Waals surface area contributed by atoms with Gasteiger partial charge in [-0.15, -0.1) is 0 Å². The van der Waals surface area contributed by atoms with Gasteiger partial charge in [0.15, 0.2) is 0 Å². The van der Waals surface area contributed by atoms with Gasteiger partial charge < -0.3 is 10.1 Å². The summed E-state index contributed by atoms with van der Waals surface area (Å²) in [7, 11) is -2.22. The second-order valence-corrected chi connectivity index (χ2v) is 8.48. The van der Waals surface area contributed by atoms with Crippen molar-refractivity contribution in [3.8, 4) is 5.75 Å². The van der Waals surface area contributed by atoms with Gasteiger partial charge in [0.1, 0.15) is 18.1 Å². The highest BCUT2D eigenvalue weighted by Crippen LogP contribution is 2.25. The number of carbonyl (C=O) groups excluding carboxylic acids is 1. The second kappa shape index (κ2) is 9.25. The Hall–Kier alpha value is -2.32. The lowest BCUT2D eigenvalue weighted by Crippen LogP contribution is -2.41. The van der Waals surface area contributed by atoms with E-state index in [4.69, 9.17) is 16.3 Å². The standard InChI is InChI=1S/C19H22ClFN2O4S/c1-4-18(13-5-8-15(27-2)9-6-13)22-19(24)12-23(28(3,25)26)14-7-10-17(21)16(20)11-14/h5-11,18H,4,12H2,1-3H3,(H,22,24)/t18-/m0/s1. The molecule has 152 valence electrons. The van der Waals surface area contributed by atoms with Crippen LogP contribution in [0.3, 0.4) is 0 Å². The number of hydrogen-bond acceptors (Lipinski definition) is 4. The fourth-order valence-corrected chi connectivity index (χ4v) is 3.69. The van der Waals surface area contributed by atoms with Crippen LogP contribution in [0.5, 0.6) is 5.75 Å². The van der Waals surface area contributed by atoms with Gasteiger partial charge in [-0.05, 0) is 42.3 Å². The number of sulfonamides is 1. The van der Waals surface area contributed by atoms with Crippen molar-refractivity contribution < 1.29 is 22.3 Å². The van der Waals surface area contributed by atoms with Gasteiger partial charge >= 0.3 is 0 Å². The minimum Gasteiger partial charge on any atom is -0.497 e. The smallest absolute Gasteiger partial charge is 0.241 e. The summed E-state index contributed by atoms with van der Waals surface area (Å²) < 4.78 is 43.7. The van der Waals surface area contributed by atoms with E-state index in [2.05, 4.69) is 5.32 Å². The van der Waals surface area contributed by atoms with E-state index in [1.165, 1.54) is 12.1 Å². The van der Waals surface area contributed by atoms with Gasteiger partial charge in [-0.3, -0.25) is 9.10 Å². The van der Waals surface area contributed by atoms with Crippen LogP contribution in [0.1, 0.15) is 24.9 Å². The van der Waals surface area contributed by atoms with Gasteiger partial charge in [0, 0.05) is 0 Å². The first-order valence-corrected chi connectivity index (χ1v) is 10.7. The van der Waals surface area contributed by atoms with Gasteiger partial charge in [-0.2, -0.15) is 0 Å². The number of nitrogens with one attached hydrogen (secondary N) is 1. The van der Waals surface area contributed by atoms with Crippen molar-refractivity contribution in [1.29, 1.82) is 0 Å². The van der Waals surface area contributed by atoms with E-state index < -0.39 is 28.3 Å². The maximum Gasteiger partial charge on any atom is 0.241 e. The molecular weight excluding hydrogens is 407 g/mol. The summed E-state index contributed by atoms with van der Waals surface area (Å²) in [5, 5.41) is 2.60. The number of rotatable bonds is 8. The van der Waals surface area contributed by atoms with Crippen LogP contribution in [0.15, 0.2) is 42.5 Å². The lowest BCUT2D eigenvalue weighted by molar-refractivity contribution is -0.120. The molecule has 1 atom stereocenters. The lowest BCUT2D eigenvalue weighted by atomic mass is 10.0. The Labute approximate surface area is 169 Å². The number of nitrogens with zero attached hydrogens (tertiary/aromatic N) is 1. The summed E-state index contributed by atoms with van der Waals surface area (Å²) in [4.78, 5) is 12.5. The third kappa shape index (κ3) is 5.59. The van der Waals surface area contributed by atoms with E-state index in [1.807, 2.05) is 19.1 Å². The topological polar surface area (TPSA) is 75.7 Å². The molecule has 0 aromatic heterocycles. The second-order valence-electron chi connectivity index (χ2n) is 6.17. The molecule has 0 aliphatic rings. The number of ether oxygens (including phenoxy) is 1. The van der Waals surface area contributed by atoms with Gasteiger partial charge in [0.25, 0.3) is 0 Å². The third-order valence-corrected chi connectivity index (χ3v) is 5.57. The Kier molecular flexibility index (Phi) is 7.26. The maximum absolute atomic E-state index is 13.4. The fourth-order valence-electron chi connectivity index (χ4n) is 2.67. The Bertz CT molecular complexity index is 935. The molecule has 0 saturated carbocycles. The number of hydrogen-bond donors (Lipinski definition) is 1. The van der Waals surface area contributed by atoms with Crippen molar-refractivity contribution in [3.63, 3.8) is 0 Å². The SMILES string of the molecule is CC[C@H](NC(=O)CN(c1ccc(F)c(Cl)c1)S(C)(=O)=O)c1ccc(OC)cc1. The monoisotopic (exact) mass is 428 g/mol. The molecule has 0 spiro atoms. The van der Waals surface area contributed by atoms with Gasteiger partial charge in [-0.1, -0.05) is 30.7 Å². The minimum atomic E-state index is -3.78. The molecule has 0 aliphatic carbocycles. The van der Waals surface area contributed by atoms with Crippen LogP contribution in [0, 0.1) is 5.82 Å². The number of methoxy groups -OCH3 is 1. The van der Waals surface area contributed by atoms with Crippen molar-refractivity contribution >= 4 is 33.2 Å². The van der Waals surface area contributed by atoms with E-state index in [9.17, 15) is 17.6 Å². The highest BCUT2D eigenvalue weighted by molar-refractivity contribution is 7.92. The molecule has 0 unspecified atom stereocenters. The number of amides is 1. The van der Waals surface area contributed by atoms with E-state index in [0.29, 0.717) is 12.2 Å². The summed E-state index contributed by atoms with van der Waals surface area (Å²) in [5.41, 5.74) is 0.980. The first-order chi connectivity index (χ1) is 13.2. The van der Waals surface area contributed by atoms with Crippen molar-refractivity contribution in [1.82, 2.24) is 5.32 Å².